The average Bonchev–Trinajstić information content (AvgIpc) is 2.35. The van der Waals surface area contributed by atoms with Crippen molar-refractivity contribution in [3.8, 4) is 5.75 Å². The van der Waals surface area contributed by atoms with Crippen LogP contribution in [0.5, 0.6) is 5.75 Å². The first-order valence-corrected chi connectivity index (χ1v) is 7.22. The predicted molar refractivity (Wildman–Crippen MR) is 88.4 cm³/mol. The monoisotopic (exact) mass is 294 g/mol. The number of rotatable bonds is 4. The van der Waals surface area contributed by atoms with E-state index in [0.29, 0.717) is 5.75 Å². The van der Waals surface area contributed by atoms with Crippen LogP contribution >= 0.6 is 0 Å². The average molecular weight is 294 g/mol. The van der Waals surface area contributed by atoms with Crippen LogP contribution in [-0.4, -0.2) is 19.5 Å². The lowest BCUT2D eigenvalue weighted by Crippen LogP contribution is -2.24. The molecule has 22 heavy (non-hydrogen) atoms. The molecule has 0 spiro atoms. The van der Waals surface area contributed by atoms with Gasteiger partial charge in [0.2, 0.25) is 0 Å². The molecule has 0 fully saturated rings. The van der Waals surface area contributed by atoms with E-state index < -0.39 is 5.41 Å². The molecule has 0 unspecified atom stereocenters. The minimum Gasteiger partial charge on any atom is -0.426 e. The van der Waals surface area contributed by atoms with Crippen LogP contribution in [-0.2, 0) is 15.0 Å². The van der Waals surface area contributed by atoms with Crippen molar-refractivity contribution in [1.82, 2.24) is 0 Å². The maximum atomic E-state index is 11.6. The molecule has 0 aliphatic carbocycles. The van der Waals surface area contributed by atoms with Crippen LogP contribution < -0.4 is 4.74 Å². The van der Waals surface area contributed by atoms with Gasteiger partial charge in [0.05, 0.1) is 5.68 Å². The molecule has 0 bridgehead atoms. The minimum atomic E-state index is -0.523. The molecule has 3 nitrogen and oxygen atoms in total. The lowest BCUT2D eigenvalue weighted by atomic mass is 9.74. The molecule has 2 rings (SSSR count). The van der Waals surface area contributed by atoms with Crippen LogP contribution in [0.15, 0.2) is 30.3 Å². The molecule has 4 heteroatoms. The Labute approximate surface area is 132 Å². The Balaban J connectivity index is 2.78. The van der Waals surface area contributed by atoms with Crippen LogP contribution in [0.25, 0.3) is 10.8 Å². The van der Waals surface area contributed by atoms with Gasteiger partial charge >= 0.3 is 5.97 Å². The van der Waals surface area contributed by atoms with E-state index in [9.17, 15) is 9.59 Å². The molecule has 0 saturated heterocycles. The Hall–Kier alpha value is -2.10. The number of esters is 1. The molecule has 112 valence electrons. The standard InChI is InChI=1S/C18H19BO3/c1-11-9-13-7-5-6-8-14(13)17(22-12(2)20)16(11)18(3,4)10-15(19)21/h5-9H,10H2,1-4H3. The van der Waals surface area contributed by atoms with Crippen molar-refractivity contribution in [1.29, 1.82) is 0 Å². The second kappa shape index (κ2) is 5.95. The highest BCUT2D eigenvalue weighted by molar-refractivity contribution is 6.57. The highest BCUT2D eigenvalue weighted by Gasteiger charge is 2.29. The van der Waals surface area contributed by atoms with Gasteiger partial charge in [-0.15, -0.1) is 0 Å². The normalized spacial score (nSPS) is 11.5. The van der Waals surface area contributed by atoms with Gasteiger partial charge < -0.3 is 9.53 Å². The zero-order chi connectivity index (χ0) is 16.5. The van der Waals surface area contributed by atoms with Crippen LogP contribution in [0.3, 0.4) is 0 Å². The summed E-state index contributed by atoms with van der Waals surface area (Å²) in [5.41, 5.74) is 0.915. The SMILES string of the molecule is [B]C(=O)CC(C)(C)c1c(C)cc2ccccc2c1OC(C)=O. The number of fused-ring (bicyclic) bond motifs is 1. The van der Waals surface area contributed by atoms with Crippen molar-refractivity contribution in [3.05, 3.63) is 41.5 Å². The predicted octanol–water partition coefficient (Wildman–Crippen LogP) is 3.44. The lowest BCUT2D eigenvalue weighted by molar-refractivity contribution is -0.131. The molecule has 0 aromatic heterocycles. The summed E-state index contributed by atoms with van der Waals surface area (Å²) in [4.78, 5) is 23.0. The van der Waals surface area contributed by atoms with E-state index in [0.717, 1.165) is 21.9 Å². The van der Waals surface area contributed by atoms with Crippen LogP contribution in [0.1, 0.15) is 38.3 Å². The second-order valence-electron chi connectivity index (χ2n) is 6.24. The molecule has 0 atom stereocenters. The summed E-state index contributed by atoms with van der Waals surface area (Å²) < 4.78 is 5.52. The Kier molecular flexibility index (Phi) is 4.41. The summed E-state index contributed by atoms with van der Waals surface area (Å²) in [5.74, 6) is 0.140. The van der Waals surface area contributed by atoms with Crippen molar-refractivity contribution in [2.24, 2.45) is 0 Å². The lowest BCUT2D eigenvalue weighted by Gasteiger charge is -2.29. The van der Waals surface area contributed by atoms with Crippen molar-refractivity contribution in [3.63, 3.8) is 0 Å². The quantitative estimate of drug-likeness (QED) is 0.493. The zero-order valence-corrected chi connectivity index (χ0v) is 13.4. The van der Waals surface area contributed by atoms with Gasteiger partial charge in [-0.3, -0.25) is 4.79 Å². The van der Waals surface area contributed by atoms with Crippen molar-refractivity contribution in [2.75, 3.05) is 0 Å². The third-order valence-electron chi connectivity index (χ3n) is 3.74. The Morgan fingerprint density at radius 1 is 1.23 bits per heavy atom. The molecule has 0 heterocycles. The van der Waals surface area contributed by atoms with E-state index >= 15 is 0 Å². The number of benzene rings is 2. The van der Waals surface area contributed by atoms with Crippen LogP contribution in [0, 0.1) is 6.92 Å². The van der Waals surface area contributed by atoms with Crippen LogP contribution in [0.2, 0.25) is 0 Å². The Morgan fingerprint density at radius 2 is 1.86 bits per heavy atom. The van der Waals surface area contributed by atoms with E-state index in [1.54, 1.807) is 0 Å². The highest BCUT2D eigenvalue weighted by atomic mass is 16.5. The smallest absolute Gasteiger partial charge is 0.308 e. The van der Waals surface area contributed by atoms with E-state index in [2.05, 4.69) is 0 Å². The van der Waals surface area contributed by atoms with Crippen molar-refractivity contribution < 1.29 is 14.3 Å². The Bertz CT molecular complexity index is 747. The minimum absolute atomic E-state index is 0.181. The van der Waals surface area contributed by atoms with Gasteiger partial charge in [0.15, 0.2) is 7.85 Å². The maximum Gasteiger partial charge on any atom is 0.308 e. The van der Waals surface area contributed by atoms with E-state index in [1.165, 1.54) is 6.92 Å². The van der Waals surface area contributed by atoms with Gasteiger partial charge in [-0.25, -0.2) is 0 Å². The molecule has 2 aromatic carbocycles. The fourth-order valence-electron chi connectivity index (χ4n) is 3.06. The third-order valence-corrected chi connectivity index (χ3v) is 3.74. The summed E-state index contributed by atoms with van der Waals surface area (Å²) in [6.07, 6.45) is 0.181. The third kappa shape index (κ3) is 3.21. The maximum absolute atomic E-state index is 11.6. The summed E-state index contributed by atoms with van der Waals surface area (Å²) in [6, 6.07) is 9.76. The van der Waals surface area contributed by atoms with Crippen molar-refractivity contribution >= 4 is 30.3 Å². The van der Waals surface area contributed by atoms with Gasteiger partial charge in [0.25, 0.3) is 0 Å². The van der Waals surface area contributed by atoms with Gasteiger partial charge in [-0.2, -0.15) is 0 Å². The number of carbonyl (C=O) groups is 2. The number of carbonyl (C=O) groups excluding carboxylic acids is 2. The summed E-state index contributed by atoms with van der Waals surface area (Å²) in [5, 5.41) is 1.85. The summed E-state index contributed by atoms with van der Waals surface area (Å²) >= 11 is 0. The van der Waals surface area contributed by atoms with Crippen LogP contribution in [0.4, 0.5) is 0 Å². The highest BCUT2D eigenvalue weighted by Crippen LogP contribution is 2.41. The molecular weight excluding hydrogens is 275 g/mol. The number of hydrogen-bond acceptors (Lipinski definition) is 3. The van der Waals surface area contributed by atoms with Gasteiger partial charge in [0, 0.05) is 24.3 Å². The molecule has 0 aliphatic rings. The Morgan fingerprint density at radius 3 is 2.45 bits per heavy atom. The van der Waals surface area contributed by atoms with E-state index in [-0.39, 0.29) is 18.1 Å². The number of ether oxygens (including phenoxy) is 1. The number of hydrogen-bond donors (Lipinski definition) is 0. The van der Waals surface area contributed by atoms with Gasteiger partial charge in [0.1, 0.15) is 5.75 Å². The van der Waals surface area contributed by atoms with Crippen molar-refractivity contribution in [2.45, 2.75) is 39.5 Å². The van der Waals surface area contributed by atoms with Gasteiger partial charge in [-0.05, 0) is 23.3 Å². The molecule has 0 amide bonds. The zero-order valence-electron chi connectivity index (χ0n) is 13.4. The summed E-state index contributed by atoms with van der Waals surface area (Å²) in [7, 11) is 5.38. The fourth-order valence-corrected chi connectivity index (χ4v) is 3.06. The topological polar surface area (TPSA) is 43.4 Å². The molecule has 2 radical (unpaired) electrons. The first kappa shape index (κ1) is 16.3. The second-order valence-corrected chi connectivity index (χ2v) is 6.24. The van der Waals surface area contributed by atoms with E-state index in [1.807, 2.05) is 51.1 Å². The first-order chi connectivity index (χ1) is 10.2. The number of aryl methyl sites for hydroxylation is 1. The first-order valence-electron chi connectivity index (χ1n) is 7.22. The summed E-state index contributed by atoms with van der Waals surface area (Å²) in [6.45, 7) is 7.20. The molecule has 0 aliphatic heterocycles. The molecule has 2 aromatic rings. The molecule has 0 saturated carbocycles. The van der Waals surface area contributed by atoms with E-state index in [4.69, 9.17) is 12.6 Å². The molecular formula is C18H19BO3. The van der Waals surface area contributed by atoms with Gasteiger partial charge in [-0.1, -0.05) is 44.2 Å². The largest absolute Gasteiger partial charge is 0.426 e. The fraction of sp³-hybridized carbons (Fsp3) is 0.333. The molecule has 0 N–H and O–H groups in total.